The highest BCUT2D eigenvalue weighted by atomic mass is 35.5. The molecule has 0 amide bonds. The number of hydrogen-bond acceptors (Lipinski definition) is 2. The lowest BCUT2D eigenvalue weighted by molar-refractivity contribution is 0.475. The highest BCUT2D eigenvalue weighted by molar-refractivity contribution is 6.31. The maximum atomic E-state index is 12.9. The van der Waals surface area contributed by atoms with Gasteiger partial charge in [0.25, 0.3) is 0 Å². The van der Waals surface area contributed by atoms with Crippen LogP contribution in [0.15, 0.2) is 36.5 Å². The van der Waals surface area contributed by atoms with Crippen molar-refractivity contribution in [2.24, 2.45) is 0 Å². The van der Waals surface area contributed by atoms with Crippen molar-refractivity contribution in [2.75, 3.05) is 0 Å². The van der Waals surface area contributed by atoms with E-state index in [0.29, 0.717) is 11.3 Å². The summed E-state index contributed by atoms with van der Waals surface area (Å²) in [5.74, 6) is -0.448. The van der Waals surface area contributed by atoms with Gasteiger partial charge >= 0.3 is 0 Å². The third-order valence-corrected chi connectivity index (χ3v) is 2.27. The highest BCUT2D eigenvalue weighted by Gasteiger charge is 2.07. The molecule has 4 heteroatoms. The molecule has 0 atom stereocenters. The molecule has 2 aromatic rings. The summed E-state index contributed by atoms with van der Waals surface area (Å²) < 4.78 is 12.9. The average Bonchev–Trinajstić information content (AvgIpc) is 2.36. The average molecular weight is 254 g/mol. The summed E-state index contributed by atoms with van der Waals surface area (Å²) in [6.07, 6.45) is 1.55. The Labute approximate surface area is 105 Å². The van der Waals surface area contributed by atoms with E-state index in [-0.39, 0.29) is 10.8 Å². The first-order valence-corrected chi connectivity index (χ1v) is 5.65. The lowest BCUT2D eigenvalue weighted by Gasteiger charge is -2.03. The molecule has 1 N–H and O–H groups in total. The number of pyridine rings is 1. The van der Waals surface area contributed by atoms with E-state index in [2.05, 4.69) is 4.98 Å². The zero-order valence-electron chi connectivity index (χ0n) is 9.61. The van der Waals surface area contributed by atoms with Crippen LogP contribution in [0.1, 0.15) is 13.8 Å². The molecule has 0 radical (unpaired) electrons. The molecular formula is C13H13ClFNO. The Morgan fingerprint density at radius 3 is 2.53 bits per heavy atom. The lowest BCUT2D eigenvalue weighted by atomic mass is 10.1. The van der Waals surface area contributed by atoms with E-state index in [0.717, 1.165) is 0 Å². The van der Waals surface area contributed by atoms with Gasteiger partial charge in [-0.05, 0) is 30.3 Å². The molecule has 2 rings (SSSR count). The van der Waals surface area contributed by atoms with Crippen LogP contribution >= 0.6 is 11.6 Å². The van der Waals surface area contributed by atoms with E-state index in [9.17, 15) is 9.50 Å². The fraction of sp³-hybridized carbons (Fsp3) is 0.154. The molecule has 1 heterocycles. The van der Waals surface area contributed by atoms with Gasteiger partial charge in [-0.1, -0.05) is 25.4 Å². The second-order valence-electron chi connectivity index (χ2n) is 3.00. The fourth-order valence-electron chi connectivity index (χ4n) is 1.26. The Morgan fingerprint density at radius 2 is 1.94 bits per heavy atom. The van der Waals surface area contributed by atoms with Crippen LogP contribution in [-0.4, -0.2) is 10.1 Å². The number of rotatable bonds is 1. The van der Waals surface area contributed by atoms with E-state index in [1.807, 2.05) is 13.8 Å². The number of hydrogen-bond donors (Lipinski definition) is 1. The predicted molar refractivity (Wildman–Crippen MR) is 67.7 cm³/mol. The smallest absolute Gasteiger partial charge is 0.141 e. The van der Waals surface area contributed by atoms with Crippen molar-refractivity contribution in [2.45, 2.75) is 13.8 Å². The quantitative estimate of drug-likeness (QED) is 0.823. The van der Waals surface area contributed by atoms with Crippen LogP contribution in [0, 0.1) is 5.82 Å². The predicted octanol–water partition coefficient (Wildman–Crippen LogP) is 4.27. The van der Waals surface area contributed by atoms with Crippen molar-refractivity contribution in [3.63, 3.8) is 0 Å². The molecule has 0 spiro atoms. The molecule has 0 aliphatic carbocycles. The molecule has 0 saturated heterocycles. The molecule has 0 unspecified atom stereocenters. The summed E-state index contributed by atoms with van der Waals surface area (Å²) in [5.41, 5.74) is 0.971. The Bertz CT molecular complexity index is 503. The van der Waals surface area contributed by atoms with Crippen molar-refractivity contribution in [1.29, 1.82) is 0 Å². The minimum absolute atomic E-state index is 0.0116. The minimum Gasteiger partial charge on any atom is -0.506 e. The summed E-state index contributed by atoms with van der Waals surface area (Å²) in [6.45, 7) is 4.00. The van der Waals surface area contributed by atoms with Crippen LogP contribution in [-0.2, 0) is 0 Å². The molecule has 17 heavy (non-hydrogen) atoms. The lowest BCUT2D eigenvalue weighted by Crippen LogP contribution is -1.85. The van der Waals surface area contributed by atoms with Gasteiger partial charge in [-0.2, -0.15) is 0 Å². The number of halogens is 2. The second kappa shape index (κ2) is 6.21. The molecule has 0 aliphatic heterocycles. The van der Waals surface area contributed by atoms with Gasteiger partial charge in [-0.3, -0.25) is 4.98 Å². The molecular weight excluding hydrogens is 241 g/mol. The minimum atomic E-state index is -0.490. The molecule has 1 aromatic heterocycles. The van der Waals surface area contributed by atoms with E-state index in [1.165, 1.54) is 24.3 Å². The van der Waals surface area contributed by atoms with Crippen LogP contribution in [0.4, 0.5) is 4.39 Å². The van der Waals surface area contributed by atoms with Crippen molar-refractivity contribution >= 4 is 11.6 Å². The first kappa shape index (κ1) is 13.5. The summed E-state index contributed by atoms with van der Waals surface area (Å²) in [6, 6.07) is 7.32. The summed E-state index contributed by atoms with van der Waals surface area (Å²) in [4.78, 5) is 3.99. The Balaban J connectivity index is 0.000000686. The van der Waals surface area contributed by atoms with Crippen LogP contribution in [0.3, 0.4) is 0 Å². The zero-order chi connectivity index (χ0) is 12.8. The van der Waals surface area contributed by atoms with Gasteiger partial charge in [0, 0.05) is 11.8 Å². The normalized spacial score (nSPS) is 9.41. The molecule has 0 fully saturated rings. The van der Waals surface area contributed by atoms with Gasteiger partial charge < -0.3 is 5.11 Å². The van der Waals surface area contributed by atoms with Gasteiger partial charge in [-0.25, -0.2) is 4.39 Å². The first-order chi connectivity index (χ1) is 8.18. The topological polar surface area (TPSA) is 33.1 Å². The fourth-order valence-corrected chi connectivity index (χ4v) is 1.44. The highest BCUT2D eigenvalue weighted by Crippen LogP contribution is 2.28. The number of aromatic nitrogens is 1. The summed E-state index contributed by atoms with van der Waals surface area (Å²) in [7, 11) is 0. The maximum absolute atomic E-state index is 12.9. The summed E-state index contributed by atoms with van der Waals surface area (Å²) >= 11 is 5.63. The summed E-state index contributed by atoms with van der Waals surface area (Å²) in [5, 5.41) is 9.54. The Kier molecular flexibility index (Phi) is 4.91. The van der Waals surface area contributed by atoms with Crippen molar-refractivity contribution in [3.05, 3.63) is 47.4 Å². The monoisotopic (exact) mass is 253 g/mol. The first-order valence-electron chi connectivity index (χ1n) is 5.28. The third kappa shape index (κ3) is 3.17. The van der Waals surface area contributed by atoms with Crippen LogP contribution in [0.2, 0.25) is 5.02 Å². The Hall–Kier alpha value is -1.61. The molecule has 0 saturated carbocycles. The van der Waals surface area contributed by atoms with Gasteiger partial charge in [0.1, 0.15) is 17.3 Å². The van der Waals surface area contributed by atoms with Gasteiger partial charge in [0.2, 0.25) is 0 Å². The van der Waals surface area contributed by atoms with Crippen molar-refractivity contribution in [1.82, 2.24) is 4.98 Å². The molecule has 0 bridgehead atoms. The van der Waals surface area contributed by atoms with Crippen LogP contribution in [0.25, 0.3) is 11.3 Å². The molecule has 1 aromatic carbocycles. The zero-order valence-corrected chi connectivity index (χ0v) is 10.4. The Morgan fingerprint density at radius 1 is 1.24 bits per heavy atom. The standard InChI is InChI=1S/C11H7ClFNO.C2H6/c12-8-6-7(3-4-9(8)13)11-10(15)2-1-5-14-11;1-2/h1-6,15H;1-2H3. The third-order valence-electron chi connectivity index (χ3n) is 1.98. The van der Waals surface area contributed by atoms with Crippen LogP contribution in [0.5, 0.6) is 5.75 Å². The van der Waals surface area contributed by atoms with Gasteiger partial charge in [-0.15, -0.1) is 0 Å². The van der Waals surface area contributed by atoms with Gasteiger partial charge in [0.15, 0.2) is 0 Å². The number of nitrogens with zero attached hydrogens (tertiary/aromatic N) is 1. The van der Waals surface area contributed by atoms with E-state index in [1.54, 1.807) is 12.3 Å². The van der Waals surface area contributed by atoms with Crippen LogP contribution < -0.4 is 0 Å². The largest absolute Gasteiger partial charge is 0.506 e. The number of aromatic hydroxyl groups is 1. The van der Waals surface area contributed by atoms with Crippen molar-refractivity contribution in [3.8, 4) is 17.0 Å². The maximum Gasteiger partial charge on any atom is 0.141 e. The van der Waals surface area contributed by atoms with E-state index in [4.69, 9.17) is 11.6 Å². The van der Waals surface area contributed by atoms with E-state index >= 15 is 0 Å². The second-order valence-corrected chi connectivity index (χ2v) is 3.41. The SMILES string of the molecule is CC.Oc1cccnc1-c1ccc(F)c(Cl)c1. The molecule has 2 nitrogen and oxygen atoms in total. The number of benzene rings is 1. The van der Waals surface area contributed by atoms with Gasteiger partial charge in [0.05, 0.1) is 5.02 Å². The molecule has 0 aliphatic rings. The van der Waals surface area contributed by atoms with E-state index < -0.39 is 5.82 Å². The molecule has 90 valence electrons. The van der Waals surface area contributed by atoms with Crippen molar-refractivity contribution < 1.29 is 9.50 Å².